The lowest BCUT2D eigenvalue weighted by Crippen LogP contribution is -2.27. The molecule has 0 saturated carbocycles. The maximum Gasteiger partial charge on any atom is 0.414 e. The van der Waals surface area contributed by atoms with Crippen LogP contribution in [-0.4, -0.2) is 28.8 Å². The first-order valence-corrected chi connectivity index (χ1v) is 8.34. The number of ether oxygens (including phenoxy) is 3. The number of hydrogen-bond donors (Lipinski definition) is 1. The van der Waals surface area contributed by atoms with Crippen LogP contribution in [0, 0.1) is 0 Å². The molecular weight excluding hydrogens is 390 g/mol. The summed E-state index contributed by atoms with van der Waals surface area (Å²) in [7, 11) is 1.61. The molecule has 1 heterocycles. The molecule has 0 saturated heterocycles. The van der Waals surface area contributed by atoms with Crippen LogP contribution in [0.2, 0.25) is 0 Å². The summed E-state index contributed by atoms with van der Waals surface area (Å²) in [6.07, 6.45) is 0.874. The summed E-state index contributed by atoms with van der Waals surface area (Å²) >= 11 is 3.33. The van der Waals surface area contributed by atoms with Gasteiger partial charge in [-0.1, -0.05) is 12.1 Å². The Balaban J connectivity index is 2.01. The highest BCUT2D eigenvalue weighted by atomic mass is 79.9. The number of hydrogen-bond acceptors (Lipinski definition) is 6. The first kappa shape index (κ1) is 19.0. The Hall–Kier alpha value is -2.35. The van der Waals surface area contributed by atoms with E-state index < -0.39 is 11.7 Å². The summed E-state index contributed by atoms with van der Waals surface area (Å²) in [4.78, 5) is 20.0. The number of rotatable bonds is 5. The van der Waals surface area contributed by atoms with Gasteiger partial charge < -0.3 is 14.2 Å². The zero-order chi connectivity index (χ0) is 18.4. The quantitative estimate of drug-likeness (QED) is 0.797. The second-order valence-electron chi connectivity index (χ2n) is 6.11. The minimum atomic E-state index is -0.629. The summed E-state index contributed by atoms with van der Waals surface area (Å²) in [6.45, 7) is 5.64. The van der Waals surface area contributed by atoms with Crippen molar-refractivity contribution < 1.29 is 19.0 Å². The Morgan fingerprint density at radius 2 is 1.92 bits per heavy atom. The Morgan fingerprint density at radius 1 is 1.24 bits per heavy atom. The zero-order valence-electron chi connectivity index (χ0n) is 14.5. The highest BCUT2D eigenvalue weighted by Crippen LogP contribution is 2.24. The van der Waals surface area contributed by atoms with Gasteiger partial charge >= 0.3 is 6.09 Å². The number of amides is 1. The molecule has 0 bridgehead atoms. The van der Waals surface area contributed by atoms with E-state index in [0.29, 0.717) is 17.0 Å². The Bertz CT molecular complexity index is 730. The van der Waals surface area contributed by atoms with E-state index in [1.165, 1.54) is 6.20 Å². The molecule has 1 N–H and O–H groups in total. The average Bonchev–Trinajstić information content (AvgIpc) is 2.54. The van der Waals surface area contributed by atoms with E-state index in [2.05, 4.69) is 31.2 Å². The number of carbonyl (C=O) groups is 1. The topological polar surface area (TPSA) is 82.6 Å². The van der Waals surface area contributed by atoms with Gasteiger partial charge in [-0.15, -0.1) is 0 Å². The minimum absolute atomic E-state index is 0.0992. The zero-order valence-corrected chi connectivity index (χ0v) is 16.1. The van der Waals surface area contributed by atoms with Crippen LogP contribution in [-0.2, 0) is 11.3 Å². The molecule has 0 aliphatic heterocycles. The van der Waals surface area contributed by atoms with Crippen LogP contribution in [0.15, 0.2) is 34.9 Å². The molecule has 0 aliphatic rings. The predicted octanol–water partition coefficient (Wildman–Crippen LogP) is 4.17. The van der Waals surface area contributed by atoms with Gasteiger partial charge in [0.2, 0.25) is 11.8 Å². The van der Waals surface area contributed by atoms with Crippen molar-refractivity contribution in [2.75, 3.05) is 12.4 Å². The summed E-state index contributed by atoms with van der Waals surface area (Å²) in [6, 6.07) is 7.49. The number of aromatic nitrogens is 2. The van der Waals surface area contributed by atoms with Crippen LogP contribution in [0.5, 0.6) is 11.6 Å². The largest absolute Gasteiger partial charge is 0.497 e. The molecule has 0 aliphatic carbocycles. The normalized spacial score (nSPS) is 10.9. The smallest absolute Gasteiger partial charge is 0.414 e. The lowest BCUT2D eigenvalue weighted by molar-refractivity contribution is 0.0634. The summed E-state index contributed by atoms with van der Waals surface area (Å²) in [5, 5.41) is 2.48. The van der Waals surface area contributed by atoms with E-state index in [-0.39, 0.29) is 5.95 Å². The average molecular weight is 410 g/mol. The van der Waals surface area contributed by atoms with Crippen LogP contribution in [0.4, 0.5) is 10.7 Å². The van der Waals surface area contributed by atoms with Crippen LogP contribution >= 0.6 is 15.9 Å². The molecule has 134 valence electrons. The number of methoxy groups -OCH3 is 1. The number of anilines is 1. The molecule has 0 radical (unpaired) electrons. The van der Waals surface area contributed by atoms with E-state index in [1.54, 1.807) is 27.9 Å². The van der Waals surface area contributed by atoms with E-state index in [9.17, 15) is 4.79 Å². The molecule has 0 spiro atoms. The van der Waals surface area contributed by atoms with Crippen molar-refractivity contribution in [1.82, 2.24) is 9.97 Å². The van der Waals surface area contributed by atoms with Gasteiger partial charge in [0.15, 0.2) is 0 Å². The van der Waals surface area contributed by atoms with Gasteiger partial charge in [-0.3, -0.25) is 5.32 Å². The molecule has 0 atom stereocenters. The standard InChI is InChI=1S/C17H20BrN3O4/c1-17(2,3)25-16(22)21-15-19-9-13(18)14(20-15)24-10-11-5-7-12(23-4)8-6-11/h5-9H,10H2,1-4H3,(H,19,20,21,22). The van der Waals surface area contributed by atoms with Gasteiger partial charge in [0, 0.05) is 0 Å². The number of nitrogens with one attached hydrogen (secondary N) is 1. The van der Waals surface area contributed by atoms with Crippen molar-refractivity contribution in [2.45, 2.75) is 33.0 Å². The lowest BCUT2D eigenvalue weighted by atomic mass is 10.2. The van der Waals surface area contributed by atoms with E-state index in [4.69, 9.17) is 14.2 Å². The fraction of sp³-hybridized carbons (Fsp3) is 0.353. The monoisotopic (exact) mass is 409 g/mol. The molecule has 7 nitrogen and oxygen atoms in total. The van der Waals surface area contributed by atoms with Gasteiger partial charge in [-0.2, -0.15) is 4.98 Å². The van der Waals surface area contributed by atoms with Gasteiger partial charge in [-0.25, -0.2) is 9.78 Å². The van der Waals surface area contributed by atoms with Crippen molar-refractivity contribution in [3.63, 3.8) is 0 Å². The van der Waals surface area contributed by atoms with Crippen molar-refractivity contribution in [1.29, 1.82) is 0 Å². The molecule has 8 heteroatoms. The van der Waals surface area contributed by atoms with E-state index in [0.717, 1.165) is 11.3 Å². The van der Waals surface area contributed by atoms with Gasteiger partial charge in [0.1, 0.15) is 18.0 Å². The molecule has 2 aromatic rings. The maximum absolute atomic E-state index is 11.8. The third-order valence-electron chi connectivity index (χ3n) is 2.86. The van der Waals surface area contributed by atoms with Crippen molar-refractivity contribution >= 4 is 28.0 Å². The third kappa shape index (κ3) is 6.22. The first-order valence-electron chi connectivity index (χ1n) is 7.55. The van der Waals surface area contributed by atoms with Gasteiger partial charge in [0.05, 0.1) is 17.8 Å². The van der Waals surface area contributed by atoms with Crippen molar-refractivity contribution in [3.05, 3.63) is 40.5 Å². The molecule has 25 heavy (non-hydrogen) atoms. The van der Waals surface area contributed by atoms with Crippen LogP contribution < -0.4 is 14.8 Å². The Labute approximate surface area is 154 Å². The Kier molecular flexibility index (Phi) is 6.19. The summed E-state index contributed by atoms with van der Waals surface area (Å²) in [5.41, 5.74) is 0.348. The van der Waals surface area contributed by atoms with Crippen LogP contribution in [0.1, 0.15) is 26.3 Å². The number of halogens is 1. The molecule has 0 fully saturated rings. The molecule has 1 aromatic carbocycles. The highest BCUT2D eigenvalue weighted by molar-refractivity contribution is 9.10. The second kappa shape index (κ2) is 8.15. The van der Waals surface area contributed by atoms with Gasteiger partial charge in [-0.05, 0) is 54.4 Å². The van der Waals surface area contributed by atoms with Crippen molar-refractivity contribution in [2.24, 2.45) is 0 Å². The molecule has 1 amide bonds. The summed E-state index contributed by atoms with van der Waals surface area (Å²) < 4.78 is 16.6. The third-order valence-corrected chi connectivity index (χ3v) is 3.40. The first-order chi connectivity index (χ1) is 11.8. The van der Waals surface area contributed by atoms with Crippen LogP contribution in [0.25, 0.3) is 0 Å². The predicted molar refractivity (Wildman–Crippen MR) is 96.9 cm³/mol. The fourth-order valence-electron chi connectivity index (χ4n) is 1.78. The number of carbonyl (C=O) groups excluding carboxylic acids is 1. The minimum Gasteiger partial charge on any atom is -0.497 e. The molecule has 2 rings (SSSR count). The Morgan fingerprint density at radius 3 is 2.52 bits per heavy atom. The fourth-order valence-corrected chi connectivity index (χ4v) is 2.09. The van der Waals surface area contributed by atoms with Crippen LogP contribution in [0.3, 0.4) is 0 Å². The van der Waals surface area contributed by atoms with E-state index >= 15 is 0 Å². The SMILES string of the molecule is COc1ccc(COc2nc(NC(=O)OC(C)(C)C)ncc2Br)cc1. The van der Waals surface area contributed by atoms with Gasteiger partial charge in [0.25, 0.3) is 0 Å². The molecule has 0 unspecified atom stereocenters. The van der Waals surface area contributed by atoms with Crippen molar-refractivity contribution in [3.8, 4) is 11.6 Å². The summed E-state index contributed by atoms with van der Waals surface area (Å²) in [5.74, 6) is 1.19. The van der Waals surface area contributed by atoms with E-state index in [1.807, 2.05) is 24.3 Å². The highest BCUT2D eigenvalue weighted by Gasteiger charge is 2.17. The molecular formula is C17H20BrN3O4. The number of benzene rings is 1. The second-order valence-corrected chi connectivity index (χ2v) is 6.96. The maximum atomic E-state index is 11.8. The number of nitrogens with zero attached hydrogens (tertiary/aromatic N) is 2. The molecule has 1 aromatic heterocycles. The lowest BCUT2D eigenvalue weighted by Gasteiger charge is -2.19.